The highest BCUT2D eigenvalue weighted by Crippen LogP contribution is 2.31. The van der Waals surface area contributed by atoms with Crippen LogP contribution in [0, 0.1) is 0 Å². The van der Waals surface area contributed by atoms with Crippen LogP contribution in [0.4, 0.5) is 0 Å². The number of hydrogen-bond donors (Lipinski definition) is 0. The van der Waals surface area contributed by atoms with Crippen LogP contribution in [0.25, 0.3) is 33.1 Å². The Morgan fingerprint density at radius 2 is 1.46 bits per heavy atom. The van der Waals surface area contributed by atoms with Gasteiger partial charge in [0, 0.05) is 21.7 Å². The van der Waals surface area contributed by atoms with E-state index in [1.165, 1.54) is 11.8 Å². The normalized spacial score (nSPS) is 11.3. The van der Waals surface area contributed by atoms with Crippen molar-refractivity contribution in [2.24, 2.45) is 0 Å². The van der Waals surface area contributed by atoms with E-state index in [-0.39, 0.29) is 5.91 Å². The lowest BCUT2D eigenvalue weighted by molar-refractivity contribution is 0.0951. The third-order valence-corrected chi connectivity index (χ3v) is 6.71. The Balaban J connectivity index is 1.43. The van der Waals surface area contributed by atoms with Crippen molar-refractivity contribution in [3.8, 4) is 11.3 Å². The average molecular weight is 401 g/mol. The molecule has 0 aliphatic carbocycles. The number of thioether (sulfide) groups is 1. The van der Waals surface area contributed by atoms with E-state index in [0.717, 1.165) is 37.4 Å². The second kappa shape index (κ2) is 7.26. The van der Waals surface area contributed by atoms with Gasteiger partial charge in [0.2, 0.25) is 5.91 Å². The van der Waals surface area contributed by atoms with Gasteiger partial charge < -0.3 is 0 Å². The Bertz CT molecular complexity index is 1230. The number of thiazole rings is 1. The molecule has 0 unspecified atom stereocenters. The molecule has 0 N–H and O–H groups in total. The van der Waals surface area contributed by atoms with E-state index in [9.17, 15) is 4.79 Å². The van der Waals surface area contributed by atoms with Crippen LogP contribution >= 0.6 is 23.1 Å². The SMILES string of the molecule is O=C(CSc1nc(-c2ccccc2)cs1)n1c2ccccc2c2ccccc21. The van der Waals surface area contributed by atoms with E-state index in [0.29, 0.717) is 5.75 Å². The van der Waals surface area contributed by atoms with E-state index in [2.05, 4.69) is 17.1 Å². The van der Waals surface area contributed by atoms with Crippen molar-refractivity contribution < 1.29 is 4.79 Å². The van der Waals surface area contributed by atoms with Gasteiger partial charge in [0.05, 0.1) is 22.5 Å². The Kier molecular flexibility index (Phi) is 4.47. The van der Waals surface area contributed by atoms with Gasteiger partial charge in [-0.2, -0.15) is 0 Å². The first-order valence-electron chi connectivity index (χ1n) is 8.96. The first-order chi connectivity index (χ1) is 13.8. The first-order valence-corrected chi connectivity index (χ1v) is 10.8. The molecule has 0 aliphatic rings. The number of rotatable bonds is 4. The fourth-order valence-electron chi connectivity index (χ4n) is 3.44. The first kappa shape index (κ1) is 17.2. The average Bonchev–Trinajstić information content (AvgIpc) is 3.36. The molecular formula is C23H16N2OS2. The molecule has 0 bridgehead atoms. The summed E-state index contributed by atoms with van der Waals surface area (Å²) in [6, 6.07) is 26.2. The highest BCUT2D eigenvalue weighted by atomic mass is 32.2. The van der Waals surface area contributed by atoms with E-state index >= 15 is 0 Å². The Morgan fingerprint density at radius 1 is 0.857 bits per heavy atom. The zero-order valence-electron chi connectivity index (χ0n) is 14.9. The number of nitrogens with zero attached hydrogens (tertiary/aromatic N) is 2. The van der Waals surface area contributed by atoms with Crippen LogP contribution in [-0.2, 0) is 0 Å². The van der Waals surface area contributed by atoms with Gasteiger partial charge in [-0.15, -0.1) is 11.3 Å². The van der Waals surface area contributed by atoms with Gasteiger partial charge in [0.25, 0.3) is 0 Å². The van der Waals surface area contributed by atoms with Crippen molar-refractivity contribution in [1.82, 2.24) is 9.55 Å². The number of carbonyl (C=O) groups excluding carboxylic acids is 1. The number of para-hydroxylation sites is 2. The number of hydrogen-bond acceptors (Lipinski definition) is 4. The quantitative estimate of drug-likeness (QED) is 0.330. The molecule has 0 spiro atoms. The molecule has 0 saturated heterocycles. The van der Waals surface area contributed by atoms with Crippen LogP contribution < -0.4 is 0 Å². The van der Waals surface area contributed by atoms with Crippen molar-refractivity contribution in [3.63, 3.8) is 0 Å². The van der Waals surface area contributed by atoms with Crippen LogP contribution in [0.3, 0.4) is 0 Å². The lowest BCUT2D eigenvalue weighted by Gasteiger charge is -2.05. The molecule has 0 amide bonds. The molecule has 3 nitrogen and oxygen atoms in total. The molecule has 0 atom stereocenters. The number of benzene rings is 3. The van der Waals surface area contributed by atoms with Crippen LogP contribution in [0.5, 0.6) is 0 Å². The highest BCUT2D eigenvalue weighted by Gasteiger charge is 2.16. The Hall–Kier alpha value is -2.89. The Morgan fingerprint density at radius 3 is 2.14 bits per heavy atom. The number of fused-ring (bicyclic) bond motifs is 3. The molecular weight excluding hydrogens is 384 g/mol. The van der Waals surface area contributed by atoms with E-state index in [1.54, 1.807) is 11.3 Å². The van der Waals surface area contributed by atoms with Crippen molar-refractivity contribution in [2.45, 2.75) is 4.34 Å². The minimum Gasteiger partial charge on any atom is -0.279 e. The molecule has 2 heterocycles. The van der Waals surface area contributed by atoms with Gasteiger partial charge in [-0.25, -0.2) is 4.98 Å². The van der Waals surface area contributed by atoms with E-state index in [1.807, 2.05) is 76.7 Å². The van der Waals surface area contributed by atoms with Gasteiger partial charge in [0.1, 0.15) is 0 Å². The summed E-state index contributed by atoms with van der Waals surface area (Å²) in [4.78, 5) is 17.8. The Labute approximate surface area is 170 Å². The van der Waals surface area contributed by atoms with Crippen molar-refractivity contribution >= 4 is 50.8 Å². The summed E-state index contributed by atoms with van der Waals surface area (Å²) < 4.78 is 2.75. The molecule has 0 saturated carbocycles. The lowest BCUT2D eigenvalue weighted by Crippen LogP contribution is -2.12. The highest BCUT2D eigenvalue weighted by molar-refractivity contribution is 8.01. The topological polar surface area (TPSA) is 34.9 Å². The second-order valence-electron chi connectivity index (χ2n) is 6.42. The van der Waals surface area contributed by atoms with Crippen LogP contribution in [0.2, 0.25) is 0 Å². The molecule has 136 valence electrons. The molecule has 5 rings (SSSR count). The zero-order valence-corrected chi connectivity index (χ0v) is 16.5. The van der Waals surface area contributed by atoms with Gasteiger partial charge in [0.15, 0.2) is 4.34 Å². The molecule has 28 heavy (non-hydrogen) atoms. The van der Waals surface area contributed by atoms with E-state index < -0.39 is 0 Å². The summed E-state index contributed by atoms with van der Waals surface area (Å²) >= 11 is 3.08. The van der Waals surface area contributed by atoms with Crippen molar-refractivity contribution in [3.05, 3.63) is 84.2 Å². The minimum absolute atomic E-state index is 0.0684. The predicted molar refractivity (Wildman–Crippen MR) is 118 cm³/mol. The van der Waals surface area contributed by atoms with Crippen molar-refractivity contribution in [2.75, 3.05) is 5.75 Å². The maximum atomic E-state index is 13.1. The molecule has 2 aromatic heterocycles. The number of aromatic nitrogens is 2. The van der Waals surface area contributed by atoms with Gasteiger partial charge in [-0.1, -0.05) is 78.5 Å². The third-order valence-electron chi connectivity index (χ3n) is 4.70. The van der Waals surface area contributed by atoms with Crippen LogP contribution in [-0.4, -0.2) is 21.2 Å². The summed E-state index contributed by atoms with van der Waals surface area (Å²) in [5.74, 6) is 0.420. The zero-order chi connectivity index (χ0) is 18.9. The molecule has 5 aromatic rings. The van der Waals surface area contributed by atoms with Gasteiger partial charge in [-0.05, 0) is 12.1 Å². The minimum atomic E-state index is 0.0684. The molecule has 5 heteroatoms. The maximum Gasteiger partial charge on any atom is 0.242 e. The maximum absolute atomic E-state index is 13.1. The monoisotopic (exact) mass is 400 g/mol. The fourth-order valence-corrected chi connectivity index (χ4v) is 5.13. The fraction of sp³-hybridized carbons (Fsp3) is 0.0435. The predicted octanol–water partition coefficient (Wildman–Crippen LogP) is 6.35. The van der Waals surface area contributed by atoms with E-state index in [4.69, 9.17) is 0 Å². The van der Waals surface area contributed by atoms with Gasteiger partial charge >= 0.3 is 0 Å². The van der Waals surface area contributed by atoms with Gasteiger partial charge in [-0.3, -0.25) is 9.36 Å². The van der Waals surface area contributed by atoms with Crippen molar-refractivity contribution in [1.29, 1.82) is 0 Å². The summed E-state index contributed by atoms with van der Waals surface area (Å²) in [5, 5.41) is 4.26. The molecule has 0 radical (unpaired) electrons. The molecule has 0 aliphatic heterocycles. The summed E-state index contributed by atoms with van der Waals surface area (Å²) in [6.07, 6.45) is 0. The summed E-state index contributed by atoms with van der Waals surface area (Å²) in [5.41, 5.74) is 3.97. The van der Waals surface area contributed by atoms with Crippen LogP contribution in [0.1, 0.15) is 4.79 Å². The summed E-state index contributed by atoms with van der Waals surface area (Å²) in [7, 11) is 0. The second-order valence-corrected chi connectivity index (χ2v) is 8.50. The smallest absolute Gasteiger partial charge is 0.242 e. The summed E-state index contributed by atoms with van der Waals surface area (Å²) in [6.45, 7) is 0. The third kappa shape index (κ3) is 3.03. The largest absolute Gasteiger partial charge is 0.279 e. The van der Waals surface area contributed by atoms with Crippen LogP contribution in [0.15, 0.2) is 88.6 Å². The molecule has 0 fully saturated rings. The molecule has 3 aromatic carbocycles. The number of carbonyl (C=O) groups is 1. The lowest BCUT2D eigenvalue weighted by atomic mass is 10.2. The standard InChI is InChI=1S/C23H16N2OS2/c26-22(15-28-23-24-19(14-27-23)16-8-2-1-3-9-16)25-20-12-6-4-10-17(20)18-11-5-7-13-21(18)25/h1-14H,15H2.